The lowest BCUT2D eigenvalue weighted by Crippen LogP contribution is -2.29. The second-order valence-electron chi connectivity index (χ2n) is 4.44. The molecule has 0 aliphatic rings. The molecule has 0 spiro atoms. The first-order valence-corrected chi connectivity index (χ1v) is 5.51. The average Bonchev–Trinajstić information content (AvgIpc) is 2.16. The van der Waals surface area contributed by atoms with Crippen molar-refractivity contribution in [3.8, 4) is 0 Å². The van der Waals surface area contributed by atoms with Crippen LogP contribution in [0.25, 0.3) is 0 Å². The molecular weight excluding hydrogens is 200 g/mol. The third kappa shape index (κ3) is 4.03. The number of ketones is 1. The van der Waals surface area contributed by atoms with Gasteiger partial charge in [0.2, 0.25) is 0 Å². The van der Waals surface area contributed by atoms with Crippen LogP contribution in [0, 0.1) is 0 Å². The maximum Gasteiger partial charge on any atom is 0.159 e. The van der Waals surface area contributed by atoms with Crippen molar-refractivity contribution < 1.29 is 4.79 Å². The second-order valence-corrected chi connectivity index (χ2v) is 4.44. The van der Waals surface area contributed by atoms with Gasteiger partial charge in [-0.2, -0.15) is 0 Å². The Bertz CT molecular complexity index is 343. The minimum Gasteiger partial charge on any atom is -0.381 e. The number of carbonyl (C=O) groups excluding carboxylic acids is 1. The van der Waals surface area contributed by atoms with Gasteiger partial charge in [-0.3, -0.25) is 4.79 Å². The normalized spacial score (nSPS) is 12.6. The predicted octanol–water partition coefficient (Wildman–Crippen LogP) is 2.25. The molecule has 1 unspecified atom stereocenters. The van der Waals surface area contributed by atoms with Gasteiger partial charge in [0.05, 0.1) is 0 Å². The summed E-state index contributed by atoms with van der Waals surface area (Å²) in [4.78, 5) is 13.2. The average molecular weight is 220 g/mol. The predicted molar refractivity (Wildman–Crippen MR) is 68.1 cm³/mol. The zero-order valence-electron chi connectivity index (χ0n) is 10.4. The molecule has 0 saturated carbocycles. The van der Waals surface area contributed by atoms with E-state index in [0.717, 1.165) is 17.8 Å². The van der Waals surface area contributed by atoms with E-state index in [1.807, 2.05) is 24.3 Å². The number of hydrogen-bond acceptors (Lipinski definition) is 3. The first-order valence-electron chi connectivity index (χ1n) is 5.51. The molecule has 1 aromatic carbocycles. The molecule has 3 nitrogen and oxygen atoms in total. The zero-order valence-corrected chi connectivity index (χ0v) is 10.4. The van der Waals surface area contributed by atoms with E-state index in [0.29, 0.717) is 6.04 Å². The van der Waals surface area contributed by atoms with Crippen molar-refractivity contribution in [2.75, 3.05) is 26.0 Å². The molecule has 0 amide bonds. The van der Waals surface area contributed by atoms with E-state index in [1.54, 1.807) is 6.92 Å². The van der Waals surface area contributed by atoms with Gasteiger partial charge in [0.25, 0.3) is 0 Å². The molecule has 0 radical (unpaired) electrons. The Kier molecular flexibility index (Phi) is 4.50. The van der Waals surface area contributed by atoms with E-state index in [9.17, 15) is 4.79 Å². The lowest BCUT2D eigenvalue weighted by Gasteiger charge is -2.19. The van der Waals surface area contributed by atoms with E-state index in [4.69, 9.17) is 0 Å². The number of Topliss-reactive ketones (excluding diaryl/α,β-unsaturated/α-hetero) is 1. The van der Waals surface area contributed by atoms with Crippen LogP contribution >= 0.6 is 0 Å². The number of nitrogens with one attached hydrogen (secondary N) is 1. The van der Waals surface area contributed by atoms with Crippen LogP contribution in [0.1, 0.15) is 24.2 Å². The Morgan fingerprint density at radius 3 is 2.31 bits per heavy atom. The summed E-state index contributed by atoms with van der Waals surface area (Å²) in [5, 5.41) is 3.39. The van der Waals surface area contributed by atoms with Crippen LogP contribution in [-0.4, -0.2) is 37.4 Å². The van der Waals surface area contributed by atoms with Crippen LogP contribution in [0.5, 0.6) is 0 Å². The number of nitrogens with zero attached hydrogens (tertiary/aromatic N) is 1. The number of carbonyl (C=O) groups is 1. The highest BCUT2D eigenvalue weighted by atomic mass is 16.1. The van der Waals surface area contributed by atoms with Crippen LogP contribution in [0.15, 0.2) is 24.3 Å². The number of hydrogen-bond donors (Lipinski definition) is 1. The monoisotopic (exact) mass is 220 g/mol. The molecule has 16 heavy (non-hydrogen) atoms. The SMILES string of the molecule is CC(=O)c1ccc(NC(C)CN(C)C)cc1. The minimum atomic E-state index is 0.105. The summed E-state index contributed by atoms with van der Waals surface area (Å²) < 4.78 is 0. The van der Waals surface area contributed by atoms with Gasteiger partial charge in [-0.05, 0) is 52.2 Å². The first-order chi connectivity index (χ1) is 7.49. The van der Waals surface area contributed by atoms with E-state index in [2.05, 4.69) is 31.2 Å². The topological polar surface area (TPSA) is 32.3 Å². The molecule has 0 fully saturated rings. The van der Waals surface area contributed by atoms with Crippen LogP contribution < -0.4 is 5.32 Å². The third-order valence-electron chi connectivity index (χ3n) is 2.34. The lowest BCUT2D eigenvalue weighted by molar-refractivity contribution is 0.101. The summed E-state index contributed by atoms with van der Waals surface area (Å²) >= 11 is 0. The highest BCUT2D eigenvalue weighted by Gasteiger charge is 2.04. The Morgan fingerprint density at radius 1 is 1.31 bits per heavy atom. The Morgan fingerprint density at radius 2 is 1.88 bits per heavy atom. The van der Waals surface area contributed by atoms with Gasteiger partial charge in [0.1, 0.15) is 0 Å². The highest BCUT2D eigenvalue weighted by Crippen LogP contribution is 2.11. The highest BCUT2D eigenvalue weighted by molar-refractivity contribution is 5.94. The fourth-order valence-electron chi connectivity index (χ4n) is 1.68. The molecule has 88 valence electrons. The van der Waals surface area contributed by atoms with Crippen molar-refractivity contribution in [3.63, 3.8) is 0 Å². The van der Waals surface area contributed by atoms with Crippen LogP contribution in [-0.2, 0) is 0 Å². The molecule has 3 heteroatoms. The standard InChI is InChI=1S/C13H20N2O/c1-10(9-15(3)4)14-13-7-5-12(6-8-13)11(2)16/h5-8,10,14H,9H2,1-4H3. The van der Waals surface area contributed by atoms with Crippen molar-refractivity contribution >= 4 is 11.5 Å². The van der Waals surface area contributed by atoms with Gasteiger partial charge >= 0.3 is 0 Å². The van der Waals surface area contributed by atoms with Crippen molar-refractivity contribution in [2.24, 2.45) is 0 Å². The maximum absolute atomic E-state index is 11.1. The molecule has 1 N–H and O–H groups in total. The molecule has 1 atom stereocenters. The van der Waals surface area contributed by atoms with E-state index in [1.165, 1.54) is 0 Å². The lowest BCUT2D eigenvalue weighted by atomic mass is 10.1. The number of rotatable bonds is 5. The molecule has 0 bridgehead atoms. The minimum absolute atomic E-state index is 0.105. The quantitative estimate of drug-likeness (QED) is 0.772. The fourth-order valence-corrected chi connectivity index (χ4v) is 1.68. The Hall–Kier alpha value is -1.35. The number of likely N-dealkylation sites (N-methyl/N-ethyl adjacent to an activating group) is 1. The Labute approximate surface area is 97.5 Å². The summed E-state index contributed by atoms with van der Waals surface area (Å²) in [6.07, 6.45) is 0. The van der Waals surface area contributed by atoms with Crippen molar-refractivity contribution in [3.05, 3.63) is 29.8 Å². The summed E-state index contributed by atoms with van der Waals surface area (Å²) in [7, 11) is 4.11. The largest absolute Gasteiger partial charge is 0.381 e. The summed E-state index contributed by atoms with van der Waals surface area (Å²) in [5.74, 6) is 0.105. The molecular formula is C13H20N2O. The van der Waals surface area contributed by atoms with Crippen LogP contribution in [0.2, 0.25) is 0 Å². The molecule has 0 aliphatic heterocycles. The van der Waals surface area contributed by atoms with Gasteiger partial charge in [-0.15, -0.1) is 0 Å². The van der Waals surface area contributed by atoms with E-state index < -0.39 is 0 Å². The Balaban J connectivity index is 2.58. The zero-order chi connectivity index (χ0) is 12.1. The van der Waals surface area contributed by atoms with Gasteiger partial charge in [0, 0.05) is 23.8 Å². The van der Waals surface area contributed by atoms with Crippen LogP contribution in [0.4, 0.5) is 5.69 Å². The summed E-state index contributed by atoms with van der Waals surface area (Å²) in [6.45, 7) is 4.70. The third-order valence-corrected chi connectivity index (χ3v) is 2.34. The van der Waals surface area contributed by atoms with Gasteiger partial charge < -0.3 is 10.2 Å². The fraction of sp³-hybridized carbons (Fsp3) is 0.462. The van der Waals surface area contributed by atoms with Crippen molar-refractivity contribution in [2.45, 2.75) is 19.9 Å². The molecule has 0 heterocycles. The maximum atomic E-state index is 11.1. The van der Waals surface area contributed by atoms with Crippen molar-refractivity contribution in [1.82, 2.24) is 4.90 Å². The molecule has 1 rings (SSSR count). The smallest absolute Gasteiger partial charge is 0.159 e. The first kappa shape index (κ1) is 12.7. The number of benzene rings is 1. The second kappa shape index (κ2) is 5.66. The van der Waals surface area contributed by atoms with E-state index >= 15 is 0 Å². The molecule has 0 aliphatic carbocycles. The van der Waals surface area contributed by atoms with Gasteiger partial charge in [-0.25, -0.2) is 0 Å². The van der Waals surface area contributed by atoms with Crippen LogP contribution in [0.3, 0.4) is 0 Å². The molecule has 0 aromatic heterocycles. The van der Waals surface area contributed by atoms with Crippen molar-refractivity contribution in [1.29, 1.82) is 0 Å². The van der Waals surface area contributed by atoms with E-state index in [-0.39, 0.29) is 5.78 Å². The molecule has 0 saturated heterocycles. The van der Waals surface area contributed by atoms with Gasteiger partial charge in [0.15, 0.2) is 5.78 Å². The number of anilines is 1. The summed E-state index contributed by atoms with van der Waals surface area (Å²) in [5.41, 5.74) is 1.81. The van der Waals surface area contributed by atoms with Gasteiger partial charge in [-0.1, -0.05) is 0 Å². The molecule has 1 aromatic rings. The summed E-state index contributed by atoms with van der Waals surface area (Å²) in [6, 6.07) is 7.99.